The largest absolute Gasteiger partial charge is 0.496 e. The molecule has 7 nitrogen and oxygen atoms in total. The molecule has 2 heterocycles. The molecule has 0 saturated carbocycles. The SMILES string of the molecule is COc1ccccc1/C=C1\C(=O)NC(=O)N(c2cccnc2)C1=O. The van der Waals surface area contributed by atoms with Gasteiger partial charge in [0.2, 0.25) is 0 Å². The van der Waals surface area contributed by atoms with E-state index in [9.17, 15) is 14.4 Å². The van der Waals surface area contributed by atoms with Crippen LogP contribution in [0.1, 0.15) is 5.56 Å². The van der Waals surface area contributed by atoms with Crippen molar-refractivity contribution in [2.75, 3.05) is 12.0 Å². The first-order valence-electron chi connectivity index (χ1n) is 7.06. The van der Waals surface area contributed by atoms with Crippen LogP contribution in [0, 0.1) is 0 Å². The molecule has 0 atom stereocenters. The van der Waals surface area contributed by atoms with Crippen molar-refractivity contribution in [3.05, 3.63) is 59.9 Å². The maximum atomic E-state index is 12.7. The van der Waals surface area contributed by atoms with Gasteiger partial charge >= 0.3 is 6.03 Å². The lowest BCUT2D eigenvalue weighted by molar-refractivity contribution is -0.122. The van der Waals surface area contributed by atoms with Gasteiger partial charge in [-0.3, -0.25) is 19.9 Å². The Bertz CT molecular complexity index is 846. The molecule has 2 aromatic rings. The summed E-state index contributed by atoms with van der Waals surface area (Å²) in [5.41, 5.74) is 0.667. The number of carbonyl (C=O) groups is 3. The smallest absolute Gasteiger partial charge is 0.336 e. The number of aromatic nitrogens is 1. The molecule has 1 aromatic heterocycles. The van der Waals surface area contributed by atoms with Crippen LogP contribution in [0.25, 0.3) is 6.08 Å². The summed E-state index contributed by atoms with van der Waals surface area (Å²) in [6.07, 6.45) is 4.28. The zero-order valence-corrected chi connectivity index (χ0v) is 12.7. The van der Waals surface area contributed by atoms with Gasteiger partial charge in [-0.05, 0) is 24.3 Å². The number of para-hydroxylation sites is 1. The highest BCUT2D eigenvalue weighted by molar-refractivity contribution is 6.39. The van der Waals surface area contributed by atoms with E-state index in [1.807, 2.05) is 0 Å². The number of rotatable bonds is 3. The summed E-state index contributed by atoms with van der Waals surface area (Å²) in [7, 11) is 1.49. The standard InChI is InChI=1S/C17H13N3O4/c1-24-14-7-3-2-5-11(14)9-13-15(21)19-17(23)20(16(13)22)12-6-4-8-18-10-12/h2-10H,1H3,(H,19,21,23)/b13-9+. The number of barbiturate groups is 1. The molecule has 120 valence electrons. The van der Waals surface area contributed by atoms with E-state index in [1.54, 1.807) is 36.4 Å². The van der Waals surface area contributed by atoms with E-state index in [-0.39, 0.29) is 11.3 Å². The molecule has 1 saturated heterocycles. The average Bonchev–Trinajstić information content (AvgIpc) is 2.59. The number of carbonyl (C=O) groups excluding carboxylic acids is 3. The number of anilines is 1. The summed E-state index contributed by atoms with van der Waals surface area (Å²) in [4.78, 5) is 41.5. The fourth-order valence-corrected chi connectivity index (χ4v) is 2.32. The number of hydrogen-bond donors (Lipinski definition) is 1. The first-order valence-corrected chi connectivity index (χ1v) is 7.06. The second-order valence-corrected chi connectivity index (χ2v) is 4.91. The van der Waals surface area contributed by atoms with Crippen LogP contribution >= 0.6 is 0 Å². The van der Waals surface area contributed by atoms with Crippen molar-refractivity contribution in [3.8, 4) is 5.75 Å². The number of pyridine rings is 1. The predicted octanol–water partition coefficient (Wildman–Crippen LogP) is 1.76. The Morgan fingerprint density at radius 1 is 1.12 bits per heavy atom. The maximum absolute atomic E-state index is 12.7. The van der Waals surface area contributed by atoms with Crippen molar-refractivity contribution in [2.45, 2.75) is 0 Å². The van der Waals surface area contributed by atoms with Gasteiger partial charge in [0.1, 0.15) is 11.3 Å². The Morgan fingerprint density at radius 2 is 1.92 bits per heavy atom. The van der Waals surface area contributed by atoms with E-state index in [4.69, 9.17) is 4.74 Å². The van der Waals surface area contributed by atoms with Gasteiger partial charge in [0.05, 0.1) is 19.0 Å². The van der Waals surface area contributed by atoms with Crippen LogP contribution in [0.5, 0.6) is 5.75 Å². The zero-order valence-electron chi connectivity index (χ0n) is 12.7. The van der Waals surface area contributed by atoms with E-state index < -0.39 is 17.8 Å². The molecule has 1 aliphatic heterocycles. The summed E-state index contributed by atoms with van der Waals surface area (Å²) in [5, 5.41) is 2.16. The minimum atomic E-state index is -0.810. The Kier molecular flexibility index (Phi) is 4.07. The predicted molar refractivity (Wildman–Crippen MR) is 86.2 cm³/mol. The lowest BCUT2D eigenvalue weighted by Gasteiger charge is -2.26. The van der Waals surface area contributed by atoms with Crippen molar-refractivity contribution in [1.82, 2.24) is 10.3 Å². The minimum Gasteiger partial charge on any atom is -0.496 e. The molecule has 0 spiro atoms. The average molecular weight is 323 g/mol. The number of methoxy groups -OCH3 is 1. The highest BCUT2D eigenvalue weighted by atomic mass is 16.5. The van der Waals surface area contributed by atoms with Gasteiger partial charge in [-0.25, -0.2) is 9.69 Å². The van der Waals surface area contributed by atoms with Crippen molar-refractivity contribution < 1.29 is 19.1 Å². The number of amides is 4. The number of imide groups is 2. The highest BCUT2D eigenvalue weighted by Gasteiger charge is 2.37. The highest BCUT2D eigenvalue weighted by Crippen LogP contribution is 2.24. The molecular weight excluding hydrogens is 310 g/mol. The van der Waals surface area contributed by atoms with E-state index in [0.29, 0.717) is 11.3 Å². The first kappa shape index (κ1) is 15.4. The van der Waals surface area contributed by atoms with Crippen LogP contribution < -0.4 is 15.0 Å². The number of nitrogens with zero attached hydrogens (tertiary/aromatic N) is 2. The van der Waals surface area contributed by atoms with Gasteiger partial charge in [-0.15, -0.1) is 0 Å². The molecule has 4 amide bonds. The number of urea groups is 1. The molecule has 1 aromatic carbocycles. The van der Waals surface area contributed by atoms with Gasteiger partial charge in [0, 0.05) is 11.8 Å². The summed E-state index contributed by atoms with van der Waals surface area (Å²) in [6, 6.07) is 9.28. The van der Waals surface area contributed by atoms with Crippen molar-refractivity contribution >= 4 is 29.6 Å². The van der Waals surface area contributed by atoms with Gasteiger partial charge in [-0.2, -0.15) is 0 Å². The summed E-state index contributed by atoms with van der Waals surface area (Å²) >= 11 is 0. The van der Waals surface area contributed by atoms with E-state index in [0.717, 1.165) is 4.90 Å². The number of hydrogen-bond acceptors (Lipinski definition) is 5. The van der Waals surface area contributed by atoms with Crippen LogP contribution in [0.3, 0.4) is 0 Å². The third-order valence-electron chi connectivity index (χ3n) is 3.44. The molecule has 24 heavy (non-hydrogen) atoms. The molecule has 7 heteroatoms. The van der Waals surface area contributed by atoms with Gasteiger partial charge < -0.3 is 4.74 Å². The lowest BCUT2D eigenvalue weighted by Crippen LogP contribution is -2.54. The fraction of sp³-hybridized carbons (Fsp3) is 0.0588. The monoisotopic (exact) mass is 323 g/mol. The molecule has 0 radical (unpaired) electrons. The first-order chi connectivity index (χ1) is 11.6. The van der Waals surface area contributed by atoms with Gasteiger partial charge in [0.15, 0.2) is 0 Å². The van der Waals surface area contributed by atoms with Crippen LogP contribution in [0.4, 0.5) is 10.5 Å². The van der Waals surface area contributed by atoms with Crippen molar-refractivity contribution in [3.63, 3.8) is 0 Å². The number of nitrogens with one attached hydrogen (secondary N) is 1. The molecule has 1 aliphatic rings. The summed E-state index contributed by atoms with van der Waals surface area (Å²) < 4.78 is 5.21. The van der Waals surface area contributed by atoms with E-state index in [2.05, 4.69) is 10.3 Å². The van der Waals surface area contributed by atoms with E-state index in [1.165, 1.54) is 25.6 Å². The molecule has 1 fully saturated rings. The summed E-state index contributed by atoms with van der Waals surface area (Å²) in [6.45, 7) is 0. The second-order valence-electron chi connectivity index (χ2n) is 4.91. The molecule has 1 N–H and O–H groups in total. The van der Waals surface area contributed by atoms with Gasteiger partial charge in [0.25, 0.3) is 11.8 Å². The van der Waals surface area contributed by atoms with Crippen LogP contribution in [0.15, 0.2) is 54.4 Å². The molecule has 0 aliphatic carbocycles. The molecule has 3 rings (SSSR count). The lowest BCUT2D eigenvalue weighted by atomic mass is 10.1. The van der Waals surface area contributed by atoms with Crippen LogP contribution in [0.2, 0.25) is 0 Å². The third kappa shape index (κ3) is 2.74. The Morgan fingerprint density at radius 3 is 2.62 bits per heavy atom. The van der Waals surface area contributed by atoms with Crippen molar-refractivity contribution in [2.24, 2.45) is 0 Å². The number of benzene rings is 1. The molecule has 0 unspecified atom stereocenters. The quantitative estimate of drug-likeness (QED) is 0.687. The minimum absolute atomic E-state index is 0.164. The third-order valence-corrected chi connectivity index (χ3v) is 3.44. The molecule has 0 bridgehead atoms. The van der Waals surface area contributed by atoms with Crippen LogP contribution in [-0.4, -0.2) is 29.9 Å². The Balaban J connectivity index is 2.04. The van der Waals surface area contributed by atoms with Crippen LogP contribution in [-0.2, 0) is 9.59 Å². The van der Waals surface area contributed by atoms with Crippen molar-refractivity contribution in [1.29, 1.82) is 0 Å². The van der Waals surface area contributed by atoms with Gasteiger partial charge in [-0.1, -0.05) is 18.2 Å². The Hall–Kier alpha value is -3.48. The topological polar surface area (TPSA) is 88.6 Å². The summed E-state index contributed by atoms with van der Waals surface area (Å²) in [5.74, 6) is -0.964. The molecular formula is C17H13N3O4. The fourth-order valence-electron chi connectivity index (χ4n) is 2.32. The second kappa shape index (κ2) is 6.33. The zero-order chi connectivity index (χ0) is 17.1. The maximum Gasteiger partial charge on any atom is 0.336 e. The van der Waals surface area contributed by atoms with E-state index >= 15 is 0 Å². The Labute approximate surface area is 137 Å². The normalized spacial score (nSPS) is 16.3. The number of ether oxygens (including phenoxy) is 1.